The van der Waals surface area contributed by atoms with Crippen LogP contribution >= 0.6 is 0 Å². The quantitative estimate of drug-likeness (QED) is 0.889. The van der Waals surface area contributed by atoms with Gasteiger partial charge >= 0.3 is 0 Å². The zero-order valence-electron chi connectivity index (χ0n) is 11.6. The number of nitrogens with one attached hydrogen (secondary N) is 1. The van der Waals surface area contributed by atoms with Gasteiger partial charge in [0.2, 0.25) is 0 Å². The van der Waals surface area contributed by atoms with Crippen LogP contribution in [0.2, 0.25) is 0 Å². The second-order valence-electron chi connectivity index (χ2n) is 5.24. The average Bonchev–Trinajstić information content (AvgIpc) is 3.06. The maximum absolute atomic E-state index is 13.3. The number of hydrogen-bond donors (Lipinski definition) is 1. The first-order chi connectivity index (χ1) is 9.02. The lowest BCUT2D eigenvalue weighted by atomic mass is 10.2. The van der Waals surface area contributed by atoms with Crippen LogP contribution in [0.3, 0.4) is 0 Å². The normalized spacial score (nSPS) is 21.1. The van der Waals surface area contributed by atoms with Crippen molar-refractivity contribution in [3.05, 3.63) is 23.6 Å². The number of anilines is 1. The lowest BCUT2D eigenvalue weighted by Gasteiger charge is -2.19. The van der Waals surface area contributed by atoms with E-state index < -0.39 is 5.82 Å². The van der Waals surface area contributed by atoms with Crippen molar-refractivity contribution >= 4 is 11.7 Å². The number of aromatic nitrogens is 1. The molecule has 0 spiro atoms. The fraction of sp³-hybridized carbons (Fsp3) is 0.571. The van der Waals surface area contributed by atoms with Gasteiger partial charge in [0.1, 0.15) is 11.6 Å². The van der Waals surface area contributed by atoms with E-state index in [1.54, 1.807) is 11.9 Å². The van der Waals surface area contributed by atoms with Crippen LogP contribution in [0.4, 0.5) is 10.2 Å². The molecule has 1 amide bonds. The van der Waals surface area contributed by atoms with Gasteiger partial charge in [-0.15, -0.1) is 0 Å². The number of carbonyl (C=O) groups is 1. The Labute approximate surface area is 113 Å². The number of rotatable bonds is 5. The molecule has 5 heteroatoms. The van der Waals surface area contributed by atoms with Crippen LogP contribution in [0, 0.1) is 17.7 Å². The molecule has 0 radical (unpaired) electrons. The number of pyridine rings is 1. The van der Waals surface area contributed by atoms with Gasteiger partial charge < -0.3 is 10.2 Å². The van der Waals surface area contributed by atoms with Gasteiger partial charge in [-0.2, -0.15) is 0 Å². The van der Waals surface area contributed by atoms with E-state index in [2.05, 4.69) is 17.2 Å². The summed E-state index contributed by atoms with van der Waals surface area (Å²) in [5, 5.41) is 2.99. The summed E-state index contributed by atoms with van der Waals surface area (Å²) in [6.07, 6.45) is 2.29. The number of amides is 1. The fourth-order valence-corrected chi connectivity index (χ4v) is 2.20. The highest BCUT2D eigenvalue weighted by atomic mass is 19.1. The highest BCUT2D eigenvalue weighted by Gasteiger charge is 2.34. The summed E-state index contributed by atoms with van der Waals surface area (Å²) in [7, 11) is 1.76. The molecule has 0 aromatic carbocycles. The van der Waals surface area contributed by atoms with Gasteiger partial charge in [0, 0.05) is 20.1 Å². The number of carbonyl (C=O) groups excluding carboxylic acids is 1. The Bertz CT molecular complexity index is 478. The van der Waals surface area contributed by atoms with Crippen LogP contribution in [-0.4, -0.2) is 35.9 Å². The zero-order chi connectivity index (χ0) is 14.0. The third kappa shape index (κ3) is 3.22. The maximum Gasteiger partial charge on any atom is 0.257 e. The summed E-state index contributed by atoms with van der Waals surface area (Å²) in [5.41, 5.74) is 0.303. The van der Waals surface area contributed by atoms with E-state index in [0.717, 1.165) is 12.7 Å². The van der Waals surface area contributed by atoms with Gasteiger partial charge in [-0.05, 0) is 31.2 Å². The van der Waals surface area contributed by atoms with Crippen molar-refractivity contribution in [3.8, 4) is 0 Å². The van der Waals surface area contributed by atoms with Crippen LogP contribution in [0.15, 0.2) is 12.3 Å². The number of nitrogens with zero attached hydrogens (tertiary/aromatic N) is 2. The molecule has 0 saturated heterocycles. The molecule has 104 valence electrons. The van der Waals surface area contributed by atoms with Gasteiger partial charge in [0.25, 0.3) is 5.91 Å². The number of halogens is 1. The highest BCUT2D eigenvalue weighted by molar-refractivity contribution is 5.98. The Balaban J connectivity index is 2.14. The molecule has 1 fully saturated rings. The molecule has 19 heavy (non-hydrogen) atoms. The molecule has 1 aliphatic rings. The fourth-order valence-electron chi connectivity index (χ4n) is 2.20. The van der Waals surface area contributed by atoms with Gasteiger partial charge in [-0.1, -0.05) is 6.92 Å². The van der Waals surface area contributed by atoms with Crippen molar-refractivity contribution in [2.45, 2.75) is 20.3 Å². The predicted molar refractivity (Wildman–Crippen MR) is 72.6 cm³/mol. The molecule has 1 N–H and O–H groups in total. The SMILES string of the molecule is CCNc1ncc(F)cc1C(=O)N(C)CC1CC1C. The van der Waals surface area contributed by atoms with E-state index in [0.29, 0.717) is 29.8 Å². The first kappa shape index (κ1) is 13.8. The van der Waals surface area contributed by atoms with Crippen molar-refractivity contribution in [1.82, 2.24) is 9.88 Å². The first-order valence-electron chi connectivity index (χ1n) is 6.67. The van der Waals surface area contributed by atoms with E-state index in [9.17, 15) is 9.18 Å². The molecule has 1 aromatic rings. The summed E-state index contributed by atoms with van der Waals surface area (Å²) in [6.45, 7) is 5.45. The Morgan fingerprint density at radius 3 is 2.89 bits per heavy atom. The first-order valence-corrected chi connectivity index (χ1v) is 6.67. The van der Waals surface area contributed by atoms with E-state index in [4.69, 9.17) is 0 Å². The number of hydrogen-bond acceptors (Lipinski definition) is 3. The highest BCUT2D eigenvalue weighted by Crippen LogP contribution is 2.38. The van der Waals surface area contributed by atoms with Crippen molar-refractivity contribution in [2.75, 3.05) is 25.5 Å². The third-order valence-electron chi connectivity index (χ3n) is 3.56. The Morgan fingerprint density at radius 2 is 2.32 bits per heavy atom. The van der Waals surface area contributed by atoms with Crippen LogP contribution in [0.1, 0.15) is 30.6 Å². The molecular weight excluding hydrogens is 245 g/mol. The molecule has 2 rings (SSSR count). The minimum Gasteiger partial charge on any atom is -0.370 e. The van der Waals surface area contributed by atoms with Crippen molar-refractivity contribution < 1.29 is 9.18 Å². The lowest BCUT2D eigenvalue weighted by molar-refractivity contribution is 0.0787. The van der Waals surface area contributed by atoms with Gasteiger partial charge in [0.05, 0.1) is 11.8 Å². The van der Waals surface area contributed by atoms with E-state index in [-0.39, 0.29) is 5.91 Å². The van der Waals surface area contributed by atoms with Crippen LogP contribution < -0.4 is 5.32 Å². The van der Waals surface area contributed by atoms with E-state index >= 15 is 0 Å². The minimum absolute atomic E-state index is 0.179. The molecule has 1 saturated carbocycles. The second kappa shape index (κ2) is 5.55. The minimum atomic E-state index is -0.488. The molecule has 2 unspecified atom stereocenters. The summed E-state index contributed by atoms with van der Waals surface area (Å²) in [5.74, 6) is 1.05. The monoisotopic (exact) mass is 265 g/mol. The van der Waals surface area contributed by atoms with Crippen molar-refractivity contribution in [3.63, 3.8) is 0 Å². The lowest BCUT2D eigenvalue weighted by Crippen LogP contribution is -2.30. The molecule has 4 nitrogen and oxygen atoms in total. The summed E-state index contributed by atoms with van der Waals surface area (Å²) in [6, 6.07) is 1.25. The predicted octanol–water partition coefficient (Wildman–Crippen LogP) is 2.38. The smallest absolute Gasteiger partial charge is 0.257 e. The second-order valence-corrected chi connectivity index (χ2v) is 5.24. The molecular formula is C14H20FN3O. The molecule has 0 aliphatic heterocycles. The molecule has 1 aromatic heterocycles. The van der Waals surface area contributed by atoms with Crippen LogP contribution in [0.5, 0.6) is 0 Å². The Kier molecular flexibility index (Phi) is 4.02. The molecule has 2 atom stereocenters. The van der Waals surface area contributed by atoms with Crippen LogP contribution in [-0.2, 0) is 0 Å². The van der Waals surface area contributed by atoms with Gasteiger partial charge in [0.15, 0.2) is 0 Å². The van der Waals surface area contributed by atoms with Crippen molar-refractivity contribution in [2.24, 2.45) is 11.8 Å². The summed E-state index contributed by atoms with van der Waals surface area (Å²) in [4.78, 5) is 17.9. The molecule has 1 aliphatic carbocycles. The van der Waals surface area contributed by atoms with E-state index in [1.807, 2.05) is 6.92 Å². The molecule has 0 bridgehead atoms. The van der Waals surface area contributed by atoms with Gasteiger partial charge in [-0.25, -0.2) is 9.37 Å². The maximum atomic E-state index is 13.3. The topological polar surface area (TPSA) is 45.2 Å². The summed E-state index contributed by atoms with van der Waals surface area (Å²) < 4.78 is 13.3. The molecule has 1 heterocycles. The largest absolute Gasteiger partial charge is 0.370 e. The van der Waals surface area contributed by atoms with Crippen LogP contribution in [0.25, 0.3) is 0 Å². The third-order valence-corrected chi connectivity index (χ3v) is 3.56. The zero-order valence-corrected chi connectivity index (χ0v) is 11.6. The van der Waals surface area contributed by atoms with Crippen molar-refractivity contribution in [1.29, 1.82) is 0 Å². The standard InChI is InChI=1S/C14H20FN3O/c1-4-16-13-12(6-11(15)7-17-13)14(19)18(3)8-10-5-9(10)2/h6-7,9-10H,4-5,8H2,1-3H3,(H,16,17). The Morgan fingerprint density at radius 1 is 1.63 bits per heavy atom. The Hall–Kier alpha value is -1.65. The average molecular weight is 265 g/mol. The van der Waals surface area contributed by atoms with E-state index in [1.165, 1.54) is 12.5 Å². The summed E-state index contributed by atoms with van der Waals surface area (Å²) >= 11 is 0. The van der Waals surface area contributed by atoms with Gasteiger partial charge in [-0.3, -0.25) is 4.79 Å².